The average molecular weight is 393 g/mol. The van der Waals surface area contributed by atoms with E-state index in [4.69, 9.17) is 18.9 Å². The van der Waals surface area contributed by atoms with Crippen LogP contribution in [0.1, 0.15) is 78.1 Å². The number of methoxy groups -OCH3 is 2. The van der Waals surface area contributed by atoms with Crippen molar-refractivity contribution in [1.82, 2.24) is 0 Å². The minimum atomic E-state index is -0.538. The third kappa shape index (κ3) is 11.8. The standard InChI is InChI=1S/C21H44O4S/c1-5-7-8-9-10-11-13-20(14-12-19-26)21(6-2,24-17-15-22-3)25-18-16-23-4/h20,26H,5-19H2,1-4H3. The Balaban J connectivity index is 4.84. The van der Waals surface area contributed by atoms with Crippen LogP contribution < -0.4 is 0 Å². The summed E-state index contributed by atoms with van der Waals surface area (Å²) in [6, 6.07) is 0. The first kappa shape index (κ1) is 26.2. The van der Waals surface area contributed by atoms with Crippen molar-refractivity contribution in [2.75, 3.05) is 46.4 Å². The van der Waals surface area contributed by atoms with Crippen LogP contribution in [0, 0.1) is 5.92 Å². The van der Waals surface area contributed by atoms with E-state index in [2.05, 4.69) is 26.5 Å². The number of ether oxygens (including phenoxy) is 4. The lowest BCUT2D eigenvalue weighted by Crippen LogP contribution is -2.45. The van der Waals surface area contributed by atoms with Gasteiger partial charge in [-0.2, -0.15) is 12.6 Å². The molecule has 0 aromatic carbocycles. The van der Waals surface area contributed by atoms with Crippen molar-refractivity contribution in [3.8, 4) is 0 Å². The largest absolute Gasteiger partial charge is 0.382 e. The molecule has 4 nitrogen and oxygen atoms in total. The minimum Gasteiger partial charge on any atom is -0.382 e. The maximum Gasteiger partial charge on any atom is 0.171 e. The first-order chi connectivity index (χ1) is 12.7. The summed E-state index contributed by atoms with van der Waals surface area (Å²) >= 11 is 4.42. The van der Waals surface area contributed by atoms with Gasteiger partial charge in [0.15, 0.2) is 5.79 Å². The highest BCUT2D eigenvalue weighted by Crippen LogP contribution is 2.35. The zero-order valence-corrected chi connectivity index (χ0v) is 18.7. The van der Waals surface area contributed by atoms with Crippen molar-refractivity contribution in [2.45, 2.75) is 83.8 Å². The fourth-order valence-corrected chi connectivity index (χ4v) is 3.64. The van der Waals surface area contributed by atoms with Crippen molar-refractivity contribution in [1.29, 1.82) is 0 Å². The molecule has 0 aromatic rings. The van der Waals surface area contributed by atoms with E-state index in [0.717, 1.165) is 31.4 Å². The second kappa shape index (κ2) is 18.5. The summed E-state index contributed by atoms with van der Waals surface area (Å²) in [5, 5.41) is 0. The SMILES string of the molecule is CCCCCCCCC(CCCS)C(CC)(OCCOC)OCCOC. The van der Waals surface area contributed by atoms with Crippen LogP contribution in [-0.2, 0) is 18.9 Å². The predicted octanol–water partition coefficient (Wildman–Crippen LogP) is 5.50. The summed E-state index contributed by atoms with van der Waals surface area (Å²) in [5.74, 6) is 0.756. The van der Waals surface area contributed by atoms with E-state index in [1.165, 1.54) is 38.5 Å². The normalized spacial score (nSPS) is 13.3. The molecule has 0 saturated heterocycles. The molecule has 0 aromatic heterocycles. The maximum atomic E-state index is 6.29. The number of unbranched alkanes of at least 4 members (excludes halogenated alkanes) is 5. The van der Waals surface area contributed by atoms with Gasteiger partial charge in [0.1, 0.15) is 0 Å². The Bertz CT molecular complexity index is 279. The number of hydrogen-bond donors (Lipinski definition) is 1. The molecule has 0 N–H and O–H groups in total. The lowest BCUT2D eigenvalue weighted by atomic mass is 9.86. The van der Waals surface area contributed by atoms with Gasteiger partial charge in [0.2, 0.25) is 0 Å². The van der Waals surface area contributed by atoms with Gasteiger partial charge >= 0.3 is 0 Å². The third-order valence-electron chi connectivity index (χ3n) is 5.00. The topological polar surface area (TPSA) is 36.9 Å². The minimum absolute atomic E-state index is 0.388. The van der Waals surface area contributed by atoms with Crippen molar-refractivity contribution < 1.29 is 18.9 Å². The van der Waals surface area contributed by atoms with Crippen LogP contribution in [0.15, 0.2) is 0 Å². The van der Waals surface area contributed by atoms with E-state index in [9.17, 15) is 0 Å². The molecule has 1 unspecified atom stereocenters. The van der Waals surface area contributed by atoms with Crippen molar-refractivity contribution in [3.05, 3.63) is 0 Å². The molecule has 0 bridgehead atoms. The molecule has 0 heterocycles. The molecular weight excluding hydrogens is 348 g/mol. The van der Waals surface area contributed by atoms with E-state index in [0.29, 0.717) is 32.3 Å². The van der Waals surface area contributed by atoms with Gasteiger partial charge < -0.3 is 18.9 Å². The zero-order chi connectivity index (χ0) is 19.5. The molecule has 0 saturated carbocycles. The van der Waals surface area contributed by atoms with E-state index in [1.807, 2.05) is 0 Å². The Labute approximate surface area is 168 Å². The Morgan fingerprint density at radius 3 is 1.77 bits per heavy atom. The number of thiol groups is 1. The highest BCUT2D eigenvalue weighted by Gasteiger charge is 2.38. The van der Waals surface area contributed by atoms with E-state index < -0.39 is 5.79 Å². The lowest BCUT2D eigenvalue weighted by Gasteiger charge is -2.40. The van der Waals surface area contributed by atoms with Crippen LogP contribution in [0.25, 0.3) is 0 Å². The van der Waals surface area contributed by atoms with Crippen molar-refractivity contribution in [2.24, 2.45) is 5.92 Å². The Morgan fingerprint density at radius 1 is 0.731 bits per heavy atom. The summed E-state index contributed by atoms with van der Waals surface area (Å²) in [5.41, 5.74) is 0. The van der Waals surface area contributed by atoms with Gasteiger partial charge in [0, 0.05) is 20.1 Å². The summed E-state index contributed by atoms with van der Waals surface area (Å²) in [4.78, 5) is 0. The van der Waals surface area contributed by atoms with Gasteiger partial charge in [-0.3, -0.25) is 0 Å². The number of rotatable bonds is 20. The second-order valence-electron chi connectivity index (χ2n) is 6.97. The van der Waals surface area contributed by atoms with Crippen molar-refractivity contribution in [3.63, 3.8) is 0 Å². The second-order valence-corrected chi connectivity index (χ2v) is 7.41. The molecule has 0 aliphatic carbocycles. The molecule has 0 fully saturated rings. The average Bonchev–Trinajstić information content (AvgIpc) is 2.66. The molecule has 158 valence electrons. The van der Waals surface area contributed by atoms with Gasteiger partial charge in [-0.25, -0.2) is 0 Å². The Kier molecular flexibility index (Phi) is 18.7. The molecule has 5 heteroatoms. The predicted molar refractivity (Wildman–Crippen MR) is 113 cm³/mol. The summed E-state index contributed by atoms with van der Waals surface area (Å²) in [7, 11) is 3.41. The molecular formula is C21H44O4S. The first-order valence-electron chi connectivity index (χ1n) is 10.6. The van der Waals surface area contributed by atoms with Gasteiger partial charge in [0.05, 0.1) is 26.4 Å². The van der Waals surface area contributed by atoms with Gasteiger partial charge in [-0.05, 0) is 31.4 Å². The summed E-state index contributed by atoms with van der Waals surface area (Å²) < 4.78 is 23.0. The zero-order valence-electron chi connectivity index (χ0n) is 17.8. The highest BCUT2D eigenvalue weighted by molar-refractivity contribution is 7.80. The molecule has 0 rings (SSSR count). The summed E-state index contributed by atoms with van der Waals surface area (Å²) in [6.07, 6.45) is 12.0. The molecule has 0 aliphatic heterocycles. The number of hydrogen-bond acceptors (Lipinski definition) is 5. The van der Waals surface area contributed by atoms with Crippen LogP contribution in [0.4, 0.5) is 0 Å². The monoisotopic (exact) mass is 392 g/mol. The van der Waals surface area contributed by atoms with Crippen LogP contribution >= 0.6 is 12.6 Å². The van der Waals surface area contributed by atoms with Crippen LogP contribution in [0.3, 0.4) is 0 Å². The smallest absolute Gasteiger partial charge is 0.171 e. The molecule has 0 amide bonds. The molecule has 1 atom stereocenters. The van der Waals surface area contributed by atoms with Gasteiger partial charge in [-0.15, -0.1) is 0 Å². The maximum absolute atomic E-state index is 6.29. The van der Waals surface area contributed by atoms with Gasteiger partial charge in [-0.1, -0.05) is 52.4 Å². The first-order valence-corrected chi connectivity index (χ1v) is 11.2. The van der Waals surface area contributed by atoms with Crippen molar-refractivity contribution >= 4 is 12.6 Å². The van der Waals surface area contributed by atoms with E-state index in [1.54, 1.807) is 14.2 Å². The highest BCUT2D eigenvalue weighted by atomic mass is 32.1. The fourth-order valence-electron chi connectivity index (χ4n) is 3.46. The molecule has 26 heavy (non-hydrogen) atoms. The third-order valence-corrected chi connectivity index (χ3v) is 5.32. The Hall–Kier alpha value is 0.190. The van der Waals surface area contributed by atoms with Crippen LogP contribution in [0.2, 0.25) is 0 Å². The summed E-state index contributed by atoms with van der Waals surface area (Å²) in [6.45, 7) is 6.72. The molecule has 0 aliphatic rings. The fraction of sp³-hybridized carbons (Fsp3) is 1.00. The lowest BCUT2D eigenvalue weighted by molar-refractivity contribution is -0.277. The van der Waals surface area contributed by atoms with Crippen LogP contribution in [-0.4, -0.2) is 52.2 Å². The Morgan fingerprint density at radius 2 is 1.27 bits per heavy atom. The quantitative estimate of drug-likeness (QED) is 0.169. The molecule has 0 radical (unpaired) electrons. The van der Waals surface area contributed by atoms with E-state index in [-0.39, 0.29) is 0 Å². The van der Waals surface area contributed by atoms with Crippen LogP contribution in [0.5, 0.6) is 0 Å². The molecule has 0 spiro atoms. The van der Waals surface area contributed by atoms with Gasteiger partial charge in [0.25, 0.3) is 0 Å². The van der Waals surface area contributed by atoms with E-state index >= 15 is 0 Å².